The summed E-state index contributed by atoms with van der Waals surface area (Å²) in [5, 5.41) is 11.7. The molecular weight excluding hydrogens is 296 g/mol. The van der Waals surface area contributed by atoms with E-state index in [1.807, 2.05) is 0 Å². The minimum atomic E-state index is -0.793. The second kappa shape index (κ2) is 10.6. The highest BCUT2D eigenvalue weighted by atomic mass is 16.6. The van der Waals surface area contributed by atoms with Crippen LogP contribution in [0.1, 0.15) is 68.2 Å². The van der Waals surface area contributed by atoms with E-state index in [1.54, 1.807) is 34.6 Å². The lowest BCUT2D eigenvalue weighted by atomic mass is 10.1. The Balaban J connectivity index is 0. The van der Waals surface area contributed by atoms with Crippen molar-refractivity contribution in [2.45, 2.75) is 85.4 Å². The molecule has 4 N–H and O–H groups in total. The number of nitrogens with one attached hydrogen (secondary N) is 1. The van der Waals surface area contributed by atoms with Crippen molar-refractivity contribution < 1.29 is 19.4 Å². The number of aliphatic hydroxyl groups excluding tert-OH is 1. The molecule has 0 aromatic rings. The topological polar surface area (TPSA) is 102 Å². The van der Waals surface area contributed by atoms with Gasteiger partial charge in [-0.3, -0.25) is 9.59 Å². The molecule has 0 bridgehead atoms. The van der Waals surface area contributed by atoms with Crippen LogP contribution in [0.2, 0.25) is 0 Å². The molecule has 1 unspecified atom stereocenters. The van der Waals surface area contributed by atoms with Gasteiger partial charge in [0.25, 0.3) is 0 Å². The van der Waals surface area contributed by atoms with Crippen molar-refractivity contribution in [2.24, 2.45) is 11.7 Å². The Bertz CT molecular complexity index is 357. The van der Waals surface area contributed by atoms with Crippen LogP contribution in [0.15, 0.2) is 0 Å². The Morgan fingerprint density at radius 3 is 1.91 bits per heavy atom. The molecule has 138 valence electrons. The van der Waals surface area contributed by atoms with Crippen molar-refractivity contribution in [2.75, 3.05) is 6.61 Å². The van der Waals surface area contributed by atoms with Crippen molar-refractivity contribution in [3.63, 3.8) is 0 Å². The van der Waals surface area contributed by atoms with Crippen LogP contribution in [0.3, 0.4) is 0 Å². The molecule has 0 saturated carbocycles. The fourth-order valence-electron chi connectivity index (χ4n) is 1.26. The van der Waals surface area contributed by atoms with E-state index in [9.17, 15) is 9.59 Å². The van der Waals surface area contributed by atoms with Crippen LogP contribution < -0.4 is 11.1 Å². The Morgan fingerprint density at radius 2 is 1.57 bits per heavy atom. The molecular formula is C17H36N2O4. The van der Waals surface area contributed by atoms with Gasteiger partial charge in [0, 0.05) is 6.42 Å². The third-order valence-corrected chi connectivity index (χ3v) is 2.27. The largest absolute Gasteiger partial charge is 0.460 e. The van der Waals surface area contributed by atoms with Crippen molar-refractivity contribution in [3.05, 3.63) is 0 Å². The summed E-state index contributed by atoms with van der Waals surface area (Å²) in [6.45, 7) is 15.0. The normalized spacial score (nSPS) is 13.0. The van der Waals surface area contributed by atoms with Crippen molar-refractivity contribution in [3.8, 4) is 0 Å². The van der Waals surface area contributed by atoms with Gasteiger partial charge in [-0.1, -0.05) is 20.8 Å². The molecule has 0 fully saturated rings. The highest BCUT2D eigenvalue weighted by Gasteiger charge is 2.24. The smallest absolute Gasteiger partial charge is 0.306 e. The molecule has 23 heavy (non-hydrogen) atoms. The Kier molecular flexibility index (Phi) is 11.1. The molecule has 1 atom stereocenters. The van der Waals surface area contributed by atoms with Crippen LogP contribution in [0, 0.1) is 5.92 Å². The van der Waals surface area contributed by atoms with E-state index < -0.39 is 17.2 Å². The maximum atomic E-state index is 11.7. The fraction of sp³-hybridized carbons (Fsp3) is 0.882. The average molecular weight is 332 g/mol. The maximum Gasteiger partial charge on any atom is 0.306 e. The average Bonchev–Trinajstić information content (AvgIpc) is 2.32. The molecule has 0 radical (unpaired) electrons. The van der Waals surface area contributed by atoms with E-state index in [-0.39, 0.29) is 31.3 Å². The number of esters is 1. The summed E-state index contributed by atoms with van der Waals surface area (Å²) in [5.41, 5.74) is 4.43. The lowest BCUT2D eigenvalue weighted by molar-refractivity contribution is -0.155. The van der Waals surface area contributed by atoms with Crippen LogP contribution in [0.25, 0.3) is 0 Å². The van der Waals surface area contributed by atoms with Gasteiger partial charge in [0.15, 0.2) is 0 Å². The Morgan fingerprint density at radius 1 is 1.13 bits per heavy atom. The molecule has 0 aliphatic rings. The van der Waals surface area contributed by atoms with E-state index >= 15 is 0 Å². The van der Waals surface area contributed by atoms with E-state index in [0.717, 1.165) is 5.92 Å². The lowest BCUT2D eigenvalue weighted by Gasteiger charge is -2.25. The zero-order valence-corrected chi connectivity index (χ0v) is 16.0. The van der Waals surface area contributed by atoms with Gasteiger partial charge in [-0.2, -0.15) is 0 Å². The number of ether oxygens (including phenoxy) is 1. The van der Waals surface area contributed by atoms with E-state index in [2.05, 4.69) is 26.1 Å². The van der Waals surface area contributed by atoms with Gasteiger partial charge in [-0.25, -0.2) is 0 Å². The van der Waals surface area contributed by atoms with Gasteiger partial charge < -0.3 is 20.9 Å². The van der Waals surface area contributed by atoms with E-state index in [1.165, 1.54) is 0 Å². The van der Waals surface area contributed by atoms with Gasteiger partial charge in [-0.05, 0) is 47.0 Å². The molecule has 0 aliphatic heterocycles. The minimum absolute atomic E-state index is 0.0887. The second-order valence-electron chi connectivity index (χ2n) is 7.99. The molecule has 0 aromatic carbocycles. The standard InChI is InChI=1S/C13H26N2O4.C4H10/c1-12(2,3)19-10(17)7-6-9(14)11(18)15-13(4,5)8-16;1-4(2)3/h9,16H,6-8,14H2,1-5H3,(H,15,18);4H,1-3H3. The molecule has 0 rings (SSSR count). The van der Waals surface area contributed by atoms with Crippen molar-refractivity contribution in [1.29, 1.82) is 0 Å². The first-order valence-electron chi connectivity index (χ1n) is 8.10. The first-order chi connectivity index (χ1) is 10.2. The summed E-state index contributed by atoms with van der Waals surface area (Å²) in [7, 11) is 0. The third kappa shape index (κ3) is 17.1. The number of carbonyl (C=O) groups is 2. The first kappa shape index (κ1) is 24.1. The zero-order chi connectivity index (χ0) is 18.8. The first-order valence-corrected chi connectivity index (χ1v) is 8.10. The van der Waals surface area contributed by atoms with Crippen LogP contribution in [0.5, 0.6) is 0 Å². The number of hydrogen-bond donors (Lipinski definition) is 3. The molecule has 6 heteroatoms. The summed E-state index contributed by atoms with van der Waals surface area (Å²) in [5.74, 6) is 0.0692. The molecule has 6 nitrogen and oxygen atoms in total. The summed E-state index contributed by atoms with van der Waals surface area (Å²) in [6, 6.07) is -0.793. The van der Waals surface area contributed by atoms with Crippen LogP contribution >= 0.6 is 0 Å². The van der Waals surface area contributed by atoms with Gasteiger partial charge in [0.1, 0.15) is 5.60 Å². The highest BCUT2D eigenvalue weighted by Crippen LogP contribution is 2.10. The van der Waals surface area contributed by atoms with Gasteiger partial charge in [0.05, 0.1) is 18.2 Å². The number of carbonyl (C=O) groups excluding carboxylic acids is 2. The molecule has 0 aromatic heterocycles. The third-order valence-electron chi connectivity index (χ3n) is 2.27. The van der Waals surface area contributed by atoms with Crippen LogP contribution in [-0.4, -0.2) is 40.8 Å². The second-order valence-corrected chi connectivity index (χ2v) is 7.99. The number of amides is 1. The number of nitrogens with two attached hydrogens (primary N) is 1. The van der Waals surface area contributed by atoms with E-state index in [0.29, 0.717) is 0 Å². The van der Waals surface area contributed by atoms with Crippen molar-refractivity contribution in [1.82, 2.24) is 5.32 Å². The number of rotatable bonds is 6. The number of aliphatic hydroxyl groups is 1. The molecule has 1 amide bonds. The quantitative estimate of drug-likeness (QED) is 0.646. The van der Waals surface area contributed by atoms with Gasteiger partial charge >= 0.3 is 5.97 Å². The zero-order valence-electron chi connectivity index (χ0n) is 16.0. The summed E-state index contributed by atoms with van der Waals surface area (Å²) in [4.78, 5) is 23.2. The SMILES string of the molecule is CC(C)(CO)NC(=O)C(N)CCC(=O)OC(C)(C)C.CC(C)C. The lowest BCUT2D eigenvalue weighted by Crippen LogP contribution is -2.52. The van der Waals surface area contributed by atoms with Gasteiger partial charge in [0.2, 0.25) is 5.91 Å². The molecule has 0 heterocycles. The summed E-state index contributed by atoms with van der Waals surface area (Å²) in [6.07, 6.45) is 0.299. The molecule has 0 aliphatic carbocycles. The van der Waals surface area contributed by atoms with Crippen LogP contribution in [-0.2, 0) is 14.3 Å². The summed E-state index contributed by atoms with van der Waals surface area (Å²) < 4.78 is 5.12. The minimum Gasteiger partial charge on any atom is -0.460 e. The van der Waals surface area contributed by atoms with Gasteiger partial charge in [-0.15, -0.1) is 0 Å². The molecule has 0 spiro atoms. The fourth-order valence-corrected chi connectivity index (χ4v) is 1.26. The molecule has 0 saturated heterocycles. The highest BCUT2D eigenvalue weighted by molar-refractivity contribution is 5.82. The van der Waals surface area contributed by atoms with Crippen LogP contribution in [0.4, 0.5) is 0 Å². The van der Waals surface area contributed by atoms with E-state index in [4.69, 9.17) is 15.6 Å². The predicted octanol–water partition coefficient (Wildman–Crippen LogP) is 1.98. The monoisotopic (exact) mass is 332 g/mol. The maximum absolute atomic E-state index is 11.7. The summed E-state index contributed by atoms with van der Waals surface area (Å²) >= 11 is 0. The van der Waals surface area contributed by atoms with Crippen molar-refractivity contribution >= 4 is 11.9 Å². The Labute approximate surface area is 141 Å². The number of hydrogen-bond acceptors (Lipinski definition) is 5. The predicted molar refractivity (Wildman–Crippen MR) is 92.9 cm³/mol. The Hall–Kier alpha value is -1.14.